The van der Waals surface area contributed by atoms with Crippen molar-refractivity contribution >= 4 is 30.1 Å². The second-order valence-electron chi connectivity index (χ2n) is 4.91. The van der Waals surface area contributed by atoms with E-state index in [0.29, 0.717) is 5.02 Å². The van der Waals surface area contributed by atoms with Gasteiger partial charge in [0.15, 0.2) is 0 Å². The number of benzene rings is 1. The first-order valence-electron chi connectivity index (χ1n) is 6.49. The normalized spacial score (nSPS) is 22.1. The molecule has 2 atom stereocenters. The van der Waals surface area contributed by atoms with Crippen LogP contribution in [0.4, 0.5) is 4.79 Å². The number of hydrogen-bond acceptors (Lipinski definition) is 3. The smallest absolute Gasteiger partial charge is 0.410 e. The molecule has 112 valence electrons. The third-order valence-corrected chi connectivity index (χ3v) is 3.72. The summed E-state index contributed by atoms with van der Waals surface area (Å²) in [6, 6.07) is 7.67. The Morgan fingerprint density at radius 1 is 1.35 bits per heavy atom. The molecule has 6 heteroatoms. The fourth-order valence-electron chi connectivity index (χ4n) is 2.32. The molecular formula is C14H20Cl2N2O2. The van der Waals surface area contributed by atoms with E-state index >= 15 is 0 Å². The number of nitrogens with one attached hydrogen (secondary N) is 1. The van der Waals surface area contributed by atoms with Crippen molar-refractivity contribution in [1.82, 2.24) is 10.2 Å². The summed E-state index contributed by atoms with van der Waals surface area (Å²) >= 11 is 6.04. The van der Waals surface area contributed by atoms with Gasteiger partial charge in [-0.25, -0.2) is 4.79 Å². The van der Waals surface area contributed by atoms with Crippen LogP contribution in [0.2, 0.25) is 5.02 Å². The van der Waals surface area contributed by atoms with Gasteiger partial charge in [0.1, 0.15) is 6.61 Å². The van der Waals surface area contributed by atoms with Gasteiger partial charge in [0, 0.05) is 35.8 Å². The number of ether oxygens (including phenoxy) is 1. The second kappa shape index (κ2) is 7.72. The molecule has 0 aliphatic carbocycles. The zero-order valence-corrected chi connectivity index (χ0v) is 13.2. The van der Waals surface area contributed by atoms with E-state index < -0.39 is 0 Å². The molecular weight excluding hydrogens is 299 g/mol. The molecule has 0 unspecified atom stereocenters. The summed E-state index contributed by atoms with van der Waals surface area (Å²) in [6.07, 6.45) is -0.276. The van der Waals surface area contributed by atoms with Crippen molar-refractivity contribution in [2.75, 3.05) is 13.1 Å². The topological polar surface area (TPSA) is 41.6 Å². The molecule has 1 aliphatic heterocycles. The Morgan fingerprint density at radius 2 is 1.95 bits per heavy atom. The third kappa shape index (κ3) is 4.01. The minimum Gasteiger partial charge on any atom is -0.444 e. The highest BCUT2D eigenvalue weighted by Crippen LogP contribution is 2.17. The first-order chi connectivity index (χ1) is 9.09. The van der Waals surface area contributed by atoms with Crippen LogP contribution in [0.25, 0.3) is 0 Å². The third-order valence-electron chi connectivity index (χ3n) is 3.35. The first-order valence-corrected chi connectivity index (χ1v) is 6.86. The number of nitrogens with zero attached hydrogens (tertiary/aromatic N) is 1. The van der Waals surface area contributed by atoms with E-state index in [1.165, 1.54) is 0 Å². The second-order valence-corrected chi connectivity index (χ2v) is 5.32. The fraction of sp³-hybridized carbons (Fsp3) is 0.500. The Labute approximate surface area is 130 Å². The molecule has 1 amide bonds. The summed E-state index contributed by atoms with van der Waals surface area (Å²) in [5.41, 5.74) is 0.827. The molecule has 1 heterocycles. The van der Waals surface area contributed by atoms with Crippen LogP contribution in [0.3, 0.4) is 0 Å². The quantitative estimate of drug-likeness (QED) is 0.911. The Morgan fingerprint density at radius 3 is 2.55 bits per heavy atom. The summed E-state index contributed by atoms with van der Waals surface area (Å²) < 4.78 is 5.36. The van der Waals surface area contributed by atoms with Gasteiger partial charge in [0.25, 0.3) is 0 Å². The van der Waals surface area contributed by atoms with Crippen LogP contribution in [-0.2, 0) is 11.3 Å². The Bertz CT molecular complexity index is 447. The summed E-state index contributed by atoms with van der Waals surface area (Å²) in [5.74, 6) is 0. The minimum absolute atomic E-state index is 0. The van der Waals surface area contributed by atoms with Crippen LogP contribution in [-0.4, -0.2) is 36.2 Å². The predicted octanol–water partition coefficient (Wildman–Crippen LogP) is 3.08. The number of carbonyl (C=O) groups is 1. The molecule has 2 rings (SSSR count). The molecule has 1 aliphatic rings. The van der Waals surface area contributed by atoms with E-state index in [4.69, 9.17) is 16.3 Å². The van der Waals surface area contributed by atoms with E-state index in [1.807, 2.05) is 32.0 Å². The lowest BCUT2D eigenvalue weighted by Crippen LogP contribution is -2.57. The number of amides is 1. The molecule has 1 fully saturated rings. The monoisotopic (exact) mass is 318 g/mol. The molecule has 0 spiro atoms. The number of piperazine rings is 1. The highest BCUT2D eigenvalue weighted by molar-refractivity contribution is 6.31. The highest BCUT2D eigenvalue weighted by atomic mass is 35.5. The number of carbonyl (C=O) groups excluding carboxylic acids is 1. The maximum atomic E-state index is 12.1. The predicted molar refractivity (Wildman–Crippen MR) is 82.5 cm³/mol. The molecule has 1 saturated heterocycles. The van der Waals surface area contributed by atoms with E-state index in [9.17, 15) is 4.79 Å². The molecule has 20 heavy (non-hydrogen) atoms. The van der Waals surface area contributed by atoms with Crippen molar-refractivity contribution in [3.8, 4) is 0 Å². The summed E-state index contributed by atoms with van der Waals surface area (Å²) in [7, 11) is 0. The van der Waals surface area contributed by atoms with Gasteiger partial charge < -0.3 is 15.0 Å². The molecule has 0 aromatic heterocycles. The standard InChI is InChI=1S/C14H19ClN2O2.ClH/c1-10-7-16-8-11(2)17(10)14(18)19-9-12-5-3-4-6-13(12)15;/h3-6,10-11,16H,7-9H2,1-2H3;1H/t10-,11+;. The molecule has 0 radical (unpaired) electrons. The van der Waals surface area contributed by atoms with Crippen LogP contribution in [0.15, 0.2) is 24.3 Å². The van der Waals surface area contributed by atoms with E-state index in [1.54, 1.807) is 11.0 Å². The maximum absolute atomic E-state index is 12.1. The van der Waals surface area contributed by atoms with Crippen LogP contribution in [0, 0.1) is 0 Å². The molecule has 0 saturated carbocycles. The summed E-state index contributed by atoms with van der Waals surface area (Å²) in [4.78, 5) is 13.9. The minimum atomic E-state index is -0.276. The Hall–Kier alpha value is -0.970. The van der Waals surface area contributed by atoms with Gasteiger partial charge >= 0.3 is 6.09 Å². The van der Waals surface area contributed by atoms with Crippen LogP contribution in [0.5, 0.6) is 0 Å². The van der Waals surface area contributed by atoms with E-state index in [-0.39, 0.29) is 37.2 Å². The maximum Gasteiger partial charge on any atom is 0.410 e. The molecule has 4 nitrogen and oxygen atoms in total. The lowest BCUT2D eigenvalue weighted by molar-refractivity contribution is 0.0564. The number of halogens is 2. The lowest BCUT2D eigenvalue weighted by atomic mass is 10.1. The summed E-state index contributed by atoms with van der Waals surface area (Å²) in [6.45, 7) is 5.83. The van der Waals surface area contributed by atoms with Gasteiger partial charge in [-0.1, -0.05) is 29.8 Å². The van der Waals surface area contributed by atoms with Gasteiger partial charge in [0.2, 0.25) is 0 Å². The van der Waals surface area contributed by atoms with Gasteiger partial charge in [-0.05, 0) is 19.9 Å². The van der Waals surface area contributed by atoms with Crippen LogP contribution < -0.4 is 5.32 Å². The first kappa shape index (κ1) is 17.1. The lowest BCUT2D eigenvalue weighted by Gasteiger charge is -2.38. The fourth-order valence-corrected chi connectivity index (χ4v) is 2.51. The number of rotatable bonds is 2. The summed E-state index contributed by atoms with van der Waals surface area (Å²) in [5, 5.41) is 3.90. The highest BCUT2D eigenvalue weighted by Gasteiger charge is 2.29. The van der Waals surface area contributed by atoms with Gasteiger partial charge in [-0.3, -0.25) is 0 Å². The SMILES string of the molecule is C[C@@H]1CNC[C@H](C)N1C(=O)OCc1ccccc1Cl.Cl. The van der Waals surface area contributed by atoms with E-state index in [0.717, 1.165) is 18.7 Å². The molecule has 0 bridgehead atoms. The van der Waals surface area contributed by atoms with Gasteiger partial charge in [-0.15, -0.1) is 12.4 Å². The van der Waals surface area contributed by atoms with Crippen molar-refractivity contribution in [3.05, 3.63) is 34.9 Å². The zero-order valence-electron chi connectivity index (χ0n) is 11.6. The van der Waals surface area contributed by atoms with Crippen LogP contribution in [0.1, 0.15) is 19.4 Å². The van der Waals surface area contributed by atoms with Crippen molar-refractivity contribution in [2.24, 2.45) is 0 Å². The molecule has 1 aromatic rings. The molecule has 1 aromatic carbocycles. The Kier molecular flexibility index (Phi) is 6.59. The average molecular weight is 319 g/mol. The Balaban J connectivity index is 0.00000200. The van der Waals surface area contributed by atoms with Crippen molar-refractivity contribution in [2.45, 2.75) is 32.5 Å². The largest absolute Gasteiger partial charge is 0.444 e. The zero-order chi connectivity index (χ0) is 13.8. The number of hydrogen-bond donors (Lipinski definition) is 1. The van der Waals surface area contributed by atoms with E-state index in [2.05, 4.69) is 5.32 Å². The average Bonchev–Trinajstić information content (AvgIpc) is 2.37. The van der Waals surface area contributed by atoms with Crippen LogP contribution >= 0.6 is 24.0 Å². The van der Waals surface area contributed by atoms with Crippen molar-refractivity contribution in [3.63, 3.8) is 0 Å². The molecule has 1 N–H and O–H groups in total. The van der Waals surface area contributed by atoms with Crippen molar-refractivity contribution < 1.29 is 9.53 Å². The van der Waals surface area contributed by atoms with Crippen molar-refractivity contribution in [1.29, 1.82) is 0 Å². The van der Waals surface area contributed by atoms with Gasteiger partial charge in [-0.2, -0.15) is 0 Å². The van der Waals surface area contributed by atoms with Gasteiger partial charge in [0.05, 0.1) is 0 Å².